The van der Waals surface area contributed by atoms with Gasteiger partial charge in [-0.15, -0.1) is 0 Å². The molecule has 2 heterocycles. The summed E-state index contributed by atoms with van der Waals surface area (Å²) in [6.45, 7) is 3.68. The average Bonchev–Trinajstić information content (AvgIpc) is 2.47. The van der Waals surface area contributed by atoms with Gasteiger partial charge in [0.15, 0.2) is 0 Å². The molecule has 1 saturated heterocycles. The van der Waals surface area contributed by atoms with E-state index in [0.717, 1.165) is 48.1 Å². The standard InChI is InChI=1S/C16H18N2O/c1-12-14(16(19)18-9-5-2-6-10-18)11-13-7-3-4-8-15(13)17-12/h3-4,7-8,11H,2,5-6,9-10H2,1H3. The van der Waals surface area contributed by atoms with E-state index in [9.17, 15) is 4.79 Å². The van der Waals surface area contributed by atoms with E-state index in [1.54, 1.807) is 0 Å². The Morgan fingerprint density at radius 3 is 2.68 bits per heavy atom. The molecule has 98 valence electrons. The molecule has 0 radical (unpaired) electrons. The molecule has 0 saturated carbocycles. The highest BCUT2D eigenvalue weighted by Gasteiger charge is 2.20. The molecule has 0 spiro atoms. The van der Waals surface area contributed by atoms with Gasteiger partial charge < -0.3 is 4.90 Å². The molecule has 1 fully saturated rings. The summed E-state index contributed by atoms with van der Waals surface area (Å²) in [7, 11) is 0. The van der Waals surface area contributed by atoms with E-state index in [1.165, 1.54) is 6.42 Å². The van der Waals surface area contributed by atoms with Crippen molar-refractivity contribution in [2.75, 3.05) is 13.1 Å². The molecule has 1 aliphatic rings. The van der Waals surface area contributed by atoms with Crippen molar-refractivity contribution < 1.29 is 4.79 Å². The molecule has 3 heteroatoms. The Hall–Kier alpha value is -1.90. The SMILES string of the molecule is Cc1nc2ccccc2cc1C(=O)N1CCCCC1. The van der Waals surface area contributed by atoms with Crippen molar-refractivity contribution in [3.8, 4) is 0 Å². The zero-order chi connectivity index (χ0) is 13.2. The van der Waals surface area contributed by atoms with Crippen LogP contribution in [0.4, 0.5) is 0 Å². The summed E-state index contributed by atoms with van der Waals surface area (Å²) in [6.07, 6.45) is 3.47. The van der Waals surface area contributed by atoms with Gasteiger partial charge in [-0.05, 0) is 38.3 Å². The lowest BCUT2D eigenvalue weighted by Gasteiger charge is -2.27. The van der Waals surface area contributed by atoms with E-state index in [1.807, 2.05) is 42.2 Å². The van der Waals surface area contributed by atoms with Gasteiger partial charge in [-0.25, -0.2) is 0 Å². The van der Waals surface area contributed by atoms with Crippen LogP contribution in [0, 0.1) is 6.92 Å². The van der Waals surface area contributed by atoms with Crippen molar-refractivity contribution in [3.05, 3.63) is 41.6 Å². The number of hydrogen-bond acceptors (Lipinski definition) is 2. The van der Waals surface area contributed by atoms with Crippen molar-refractivity contribution in [1.29, 1.82) is 0 Å². The fourth-order valence-electron chi connectivity index (χ4n) is 2.70. The van der Waals surface area contributed by atoms with Gasteiger partial charge in [-0.1, -0.05) is 18.2 Å². The molecule has 0 unspecified atom stereocenters. The second-order valence-electron chi connectivity index (χ2n) is 5.17. The monoisotopic (exact) mass is 254 g/mol. The Labute approximate surface area is 113 Å². The van der Waals surface area contributed by atoms with Crippen LogP contribution in [0.15, 0.2) is 30.3 Å². The number of para-hydroxylation sites is 1. The van der Waals surface area contributed by atoms with Crippen molar-refractivity contribution in [1.82, 2.24) is 9.88 Å². The lowest BCUT2D eigenvalue weighted by molar-refractivity contribution is 0.0723. The molecular formula is C16H18N2O. The minimum atomic E-state index is 0.135. The number of aryl methyl sites for hydroxylation is 1. The first-order valence-electron chi connectivity index (χ1n) is 6.91. The van der Waals surface area contributed by atoms with Crippen LogP contribution in [-0.4, -0.2) is 28.9 Å². The smallest absolute Gasteiger partial charge is 0.255 e. The number of hydrogen-bond donors (Lipinski definition) is 0. The summed E-state index contributed by atoms with van der Waals surface area (Å²) in [5, 5.41) is 1.04. The van der Waals surface area contributed by atoms with Crippen LogP contribution in [-0.2, 0) is 0 Å². The first-order valence-corrected chi connectivity index (χ1v) is 6.91. The van der Waals surface area contributed by atoms with Crippen molar-refractivity contribution in [2.45, 2.75) is 26.2 Å². The van der Waals surface area contributed by atoms with E-state index in [2.05, 4.69) is 4.98 Å². The fourth-order valence-corrected chi connectivity index (χ4v) is 2.70. The number of aromatic nitrogens is 1. The maximum Gasteiger partial charge on any atom is 0.255 e. The van der Waals surface area contributed by atoms with Gasteiger partial charge in [-0.2, -0.15) is 0 Å². The number of amides is 1. The molecular weight excluding hydrogens is 236 g/mol. The molecule has 19 heavy (non-hydrogen) atoms. The van der Waals surface area contributed by atoms with E-state index < -0.39 is 0 Å². The Balaban J connectivity index is 1.99. The molecule has 0 aliphatic carbocycles. The second kappa shape index (κ2) is 5.00. The van der Waals surface area contributed by atoms with Gasteiger partial charge in [-0.3, -0.25) is 9.78 Å². The lowest BCUT2D eigenvalue weighted by atomic mass is 10.1. The molecule has 1 amide bonds. The van der Waals surface area contributed by atoms with Gasteiger partial charge in [0.25, 0.3) is 5.91 Å². The normalized spacial score (nSPS) is 15.7. The predicted octanol–water partition coefficient (Wildman–Crippen LogP) is 3.17. The fraction of sp³-hybridized carbons (Fsp3) is 0.375. The predicted molar refractivity (Wildman–Crippen MR) is 76.2 cm³/mol. The first-order chi connectivity index (χ1) is 9.25. The molecule has 0 bridgehead atoms. The van der Waals surface area contributed by atoms with Crippen LogP contribution in [0.25, 0.3) is 10.9 Å². The first kappa shape index (κ1) is 12.2. The summed E-state index contributed by atoms with van der Waals surface area (Å²) in [6, 6.07) is 9.93. The molecule has 0 N–H and O–H groups in total. The summed E-state index contributed by atoms with van der Waals surface area (Å²) in [5.41, 5.74) is 2.53. The molecule has 1 aromatic carbocycles. The van der Waals surface area contributed by atoms with Gasteiger partial charge in [0.05, 0.1) is 16.8 Å². The number of rotatable bonds is 1. The van der Waals surface area contributed by atoms with Crippen LogP contribution in [0.1, 0.15) is 35.3 Å². The number of pyridine rings is 1. The molecule has 2 aromatic rings. The lowest BCUT2D eigenvalue weighted by Crippen LogP contribution is -2.36. The Bertz CT molecular complexity index is 615. The second-order valence-corrected chi connectivity index (χ2v) is 5.17. The van der Waals surface area contributed by atoms with Crippen molar-refractivity contribution in [3.63, 3.8) is 0 Å². The topological polar surface area (TPSA) is 33.2 Å². The minimum absolute atomic E-state index is 0.135. The van der Waals surface area contributed by atoms with Crippen LogP contribution in [0.2, 0.25) is 0 Å². The van der Waals surface area contributed by atoms with Crippen LogP contribution >= 0.6 is 0 Å². The number of benzene rings is 1. The molecule has 0 atom stereocenters. The molecule has 1 aromatic heterocycles. The highest BCUT2D eigenvalue weighted by Crippen LogP contribution is 2.19. The van der Waals surface area contributed by atoms with E-state index in [0.29, 0.717) is 0 Å². The van der Waals surface area contributed by atoms with Gasteiger partial charge >= 0.3 is 0 Å². The Morgan fingerprint density at radius 2 is 1.89 bits per heavy atom. The highest BCUT2D eigenvalue weighted by atomic mass is 16.2. The van der Waals surface area contributed by atoms with Crippen molar-refractivity contribution in [2.24, 2.45) is 0 Å². The van der Waals surface area contributed by atoms with Gasteiger partial charge in [0.2, 0.25) is 0 Å². The largest absolute Gasteiger partial charge is 0.339 e. The van der Waals surface area contributed by atoms with E-state index in [4.69, 9.17) is 0 Å². The Kier molecular flexibility index (Phi) is 3.20. The van der Waals surface area contributed by atoms with Crippen LogP contribution in [0.5, 0.6) is 0 Å². The third-order valence-corrected chi connectivity index (χ3v) is 3.79. The molecule has 3 rings (SSSR count). The molecule has 3 nitrogen and oxygen atoms in total. The highest BCUT2D eigenvalue weighted by molar-refractivity contribution is 5.98. The zero-order valence-electron chi connectivity index (χ0n) is 11.2. The maximum atomic E-state index is 12.6. The van der Waals surface area contributed by atoms with Gasteiger partial charge in [0, 0.05) is 18.5 Å². The van der Waals surface area contributed by atoms with Crippen molar-refractivity contribution >= 4 is 16.8 Å². The number of piperidine rings is 1. The quantitative estimate of drug-likeness (QED) is 0.783. The van der Waals surface area contributed by atoms with Crippen LogP contribution in [0.3, 0.4) is 0 Å². The minimum Gasteiger partial charge on any atom is -0.339 e. The van der Waals surface area contributed by atoms with E-state index >= 15 is 0 Å². The zero-order valence-corrected chi connectivity index (χ0v) is 11.2. The number of nitrogens with zero attached hydrogens (tertiary/aromatic N) is 2. The third kappa shape index (κ3) is 2.33. The summed E-state index contributed by atoms with van der Waals surface area (Å²) in [4.78, 5) is 19.1. The van der Waals surface area contributed by atoms with E-state index in [-0.39, 0.29) is 5.91 Å². The summed E-state index contributed by atoms with van der Waals surface area (Å²) < 4.78 is 0. The summed E-state index contributed by atoms with van der Waals surface area (Å²) in [5.74, 6) is 0.135. The number of fused-ring (bicyclic) bond motifs is 1. The number of likely N-dealkylation sites (tertiary alicyclic amines) is 1. The van der Waals surface area contributed by atoms with Crippen LogP contribution < -0.4 is 0 Å². The summed E-state index contributed by atoms with van der Waals surface area (Å²) >= 11 is 0. The number of carbonyl (C=O) groups is 1. The molecule has 1 aliphatic heterocycles. The third-order valence-electron chi connectivity index (χ3n) is 3.79. The van der Waals surface area contributed by atoms with Gasteiger partial charge in [0.1, 0.15) is 0 Å². The maximum absolute atomic E-state index is 12.6. The number of carbonyl (C=O) groups excluding carboxylic acids is 1. The average molecular weight is 254 g/mol. The Morgan fingerprint density at radius 1 is 1.16 bits per heavy atom.